The van der Waals surface area contributed by atoms with E-state index < -0.39 is 12.0 Å². The van der Waals surface area contributed by atoms with E-state index in [1.165, 1.54) is 0 Å². The van der Waals surface area contributed by atoms with Crippen LogP contribution in [0.25, 0.3) is 21.1 Å². The molecule has 1 aliphatic heterocycles. The van der Waals surface area contributed by atoms with Crippen LogP contribution in [-0.2, 0) is 4.79 Å². The monoisotopic (exact) mass is 389 g/mol. The lowest BCUT2D eigenvalue weighted by Crippen LogP contribution is -2.39. The van der Waals surface area contributed by atoms with E-state index in [1.807, 2.05) is 48.5 Å². The maximum absolute atomic E-state index is 11.9. The maximum atomic E-state index is 11.9. The van der Waals surface area contributed by atoms with Gasteiger partial charge in [0.05, 0.1) is 21.4 Å². The number of nitrogens with zero attached hydrogens (tertiary/aromatic N) is 3. The molecular weight excluding hydrogens is 370 g/mol. The molecule has 0 amide bonds. The first-order valence-electron chi connectivity index (χ1n) is 9.40. The zero-order chi connectivity index (χ0) is 19.1. The number of benzene rings is 2. The highest BCUT2D eigenvalue weighted by atomic mass is 32.1. The largest absolute Gasteiger partial charge is 0.480 e. The molecule has 1 fully saturated rings. The molecule has 2 atom stereocenters. The molecule has 2 aromatic carbocycles. The average Bonchev–Trinajstić information content (AvgIpc) is 3.35. The van der Waals surface area contributed by atoms with Crippen molar-refractivity contribution in [2.24, 2.45) is 0 Å². The van der Waals surface area contributed by atoms with Gasteiger partial charge in [0.25, 0.3) is 0 Å². The molecule has 2 aromatic heterocycles. The molecule has 28 heavy (non-hydrogen) atoms. The van der Waals surface area contributed by atoms with Crippen molar-refractivity contribution in [1.29, 1.82) is 0 Å². The summed E-state index contributed by atoms with van der Waals surface area (Å²) in [7, 11) is 0. The highest BCUT2D eigenvalue weighted by molar-refractivity contribution is 7.18. The second-order valence-corrected chi connectivity index (χ2v) is 8.15. The summed E-state index contributed by atoms with van der Waals surface area (Å²) in [6, 6.07) is 19.3. The van der Waals surface area contributed by atoms with Crippen LogP contribution in [0.2, 0.25) is 0 Å². The Morgan fingerprint density at radius 2 is 1.82 bits per heavy atom. The van der Waals surface area contributed by atoms with Gasteiger partial charge in [-0.05, 0) is 37.1 Å². The van der Waals surface area contributed by atoms with E-state index in [9.17, 15) is 9.90 Å². The maximum Gasteiger partial charge on any atom is 0.320 e. The van der Waals surface area contributed by atoms with Gasteiger partial charge in [0, 0.05) is 11.9 Å². The van der Waals surface area contributed by atoms with Gasteiger partial charge in [-0.25, -0.2) is 4.98 Å². The van der Waals surface area contributed by atoms with Crippen LogP contribution < -0.4 is 0 Å². The molecule has 3 heterocycles. The van der Waals surface area contributed by atoms with Crippen LogP contribution in [0.5, 0.6) is 0 Å². The summed E-state index contributed by atoms with van der Waals surface area (Å²) in [6.07, 6.45) is 1.52. The van der Waals surface area contributed by atoms with Crippen molar-refractivity contribution in [3.63, 3.8) is 0 Å². The highest BCUT2D eigenvalue weighted by Gasteiger charge is 2.38. The van der Waals surface area contributed by atoms with Crippen molar-refractivity contribution in [2.75, 3.05) is 6.54 Å². The van der Waals surface area contributed by atoms with Crippen molar-refractivity contribution in [2.45, 2.75) is 24.9 Å². The number of hydrogen-bond acceptors (Lipinski definition) is 5. The van der Waals surface area contributed by atoms with Gasteiger partial charge in [-0.2, -0.15) is 0 Å². The Morgan fingerprint density at radius 1 is 1.04 bits per heavy atom. The summed E-state index contributed by atoms with van der Waals surface area (Å²) < 4.78 is 1.11. The number of carboxylic acids is 1. The SMILES string of the molecule is O=C(O)C1CCCN1C(c1ccc2ccccc2n1)c1nc2ccccc2s1. The Kier molecular flexibility index (Phi) is 4.30. The van der Waals surface area contributed by atoms with Gasteiger partial charge in [0.15, 0.2) is 0 Å². The van der Waals surface area contributed by atoms with E-state index >= 15 is 0 Å². The highest BCUT2D eigenvalue weighted by Crippen LogP contribution is 2.38. The summed E-state index contributed by atoms with van der Waals surface area (Å²) in [4.78, 5) is 23.7. The molecule has 1 N–H and O–H groups in total. The molecule has 4 aromatic rings. The second kappa shape index (κ2) is 6.96. The van der Waals surface area contributed by atoms with Crippen molar-refractivity contribution in [3.05, 3.63) is 71.4 Å². The third-order valence-electron chi connectivity index (χ3n) is 5.36. The molecule has 6 heteroatoms. The standard InChI is InChI=1S/C22H19N3O2S/c26-22(27)18-9-5-13-25(18)20(21-24-16-8-3-4-10-19(16)28-21)17-12-11-14-6-1-2-7-15(14)23-17/h1-4,6-8,10-12,18,20H,5,9,13H2,(H,26,27). The van der Waals surface area contributed by atoms with Crippen LogP contribution in [-0.4, -0.2) is 38.5 Å². The number of hydrogen-bond donors (Lipinski definition) is 1. The Balaban J connectivity index is 1.67. The number of thiazole rings is 1. The molecule has 1 aliphatic rings. The number of aromatic nitrogens is 2. The molecule has 5 nitrogen and oxygen atoms in total. The molecule has 140 valence electrons. The van der Waals surface area contributed by atoms with E-state index in [4.69, 9.17) is 9.97 Å². The smallest absolute Gasteiger partial charge is 0.320 e. The zero-order valence-electron chi connectivity index (χ0n) is 15.2. The first-order chi connectivity index (χ1) is 13.7. The first kappa shape index (κ1) is 17.3. The van der Waals surface area contributed by atoms with Crippen LogP contribution in [0.15, 0.2) is 60.7 Å². The fourth-order valence-electron chi connectivity index (χ4n) is 4.04. The van der Waals surface area contributed by atoms with E-state index in [0.29, 0.717) is 6.42 Å². The zero-order valence-corrected chi connectivity index (χ0v) is 16.0. The Morgan fingerprint density at radius 3 is 2.64 bits per heavy atom. The van der Waals surface area contributed by atoms with Crippen molar-refractivity contribution in [3.8, 4) is 0 Å². The molecule has 0 bridgehead atoms. The molecule has 5 rings (SSSR count). The van der Waals surface area contributed by atoms with Gasteiger partial charge in [-0.3, -0.25) is 14.7 Å². The van der Waals surface area contributed by atoms with E-state index in [-0.39, 0.29) is 6.04 Å². The lowest BCUT2D eigenvalue weighted by molar-refractivity contribution is -0.142. The van der Waals surface area contributed by atoms with Crippen LogP contribution >= 0.6 is 11.3 Å². The van der Waals surface area contributed by atoms with Crippen LogP contribution in [0.4, 0.5) is 0 Å². The number of pyridine rings is 1. The minimum absolute atomic E-state index is 0.259. The van der Waals surface area contributed by atoms with Gasteiger partial charge in [0.2, 0.25) is 0 Å². The quantitative estimate of drug-likeness (QED) is 0.557. The molecule has 0 spiro atoms. The Hall–Kier alpha value is -2.83. The van der Waals surface area contributed by atoms with Crippen molar-refractivity contribution >= 4 is 38.4 Å². The molecule has 1 saturated heterocycles. The number of para-hydroxylation sites is 2. The van der Waals surface area contributed by atoms with Gasteiger partial charge in [-0.15, -0.1) is 11.3 Å². The van der Waals surface area contributed by atoms with Gasteiger partial charge < -0.3 is 5.11 Å². The fraction of sp³-hybridized carbons (Fsp3) is 0.227. The third kappa shape index (κ3) is 2.95. The molecule has 0 saturated carbocycles. The summed E-state index contributed by atoms with van der Waals surface area (Å²) in [5.41, 5.74) is 2.71. The normalized spacial score (nSPS) is 18.6. The summed E-state index contributed by atoms with van der Waals surface area (Å²) in [6.45, 7) is 0.728. The van der Waals surface area contributed by atoms with Crippen LogP contribution in [0, 0.1) is 0 Å². The van der Waals surface area contributed by atoms with Crippen molar-refractivity contribution in [1.82, 2.24) is 14.9 Å². The van der Waals surface area contributed by atoms with E-state index in [1.54, 1.807) is 11.3 Å². The number of aliphatic carboxylic acids is 1. The lowest BCUT2D eigenvalue weighted by atomic mass is 10.1. The van der Waals surface area contributed by atoms with Crippen LogP contribution in [0.3, 0.4) is 0 Å². The predicted octanol–water partition coefficient (Wildman–Crippen LogP) is 4.48. The minimum atomic E-state index is -0.774. The molecule has 0 radical (unpaired) electrons. The number of carbonyl (C=O) groups is 1. The average molecular weight is 389 g/mol. The first-order valence-corrected chi connectivity index (χ1v) is 10.2. The van der Waals surface area contributed by atoms with Crippen LogP contribution in [0.1, 0.15) is 29.6 Å². The Bertz CT molecular complexity index is 1140. The molecule has 0 aliphatic carbocycles. The topological polar surface area (TPSA) is 66.3 Å². The van der Waals surface area contributed by atoms with E-state index in [2.05, 4.69) is 17.0 Å². The summed E-state index contributed by atoms with van der Waals surface area (Å²) in [5.74, 6) is -0.774. The molecular formula is C22H19N3O2S. The third-order valence-corrected chi connectivity index (χ3v) is 6.44. The second-order valence-electron chi connectivity index (χ2n) is 7.09. The lowest BCUT2D eigenvalue weighted by Gasteiger charge is -2.29. The molecule has 2 unspecified atom stereocenters. The van der Waals surface area contributed by atoms with Gasteiger partial charge in [0.1, 0.15) is 17.1 Å². The number of likely N-dealkylation sites (tertiary alicyclic amines) is 1. The summed E-state index contributed by atoms with van der Waals surface area (Å²) in [5, 5.41) is 11.7. The number of fused-ring (bicyclic) bond motifs is 2. The van der Waals surface area contributed by atoms with Gasteiger partial charge >= 0.3 is 5.97 Å². The predicted molar refractivity (Wildman–Crippen MR) is 111 cm³/mol. The number of rotatable bonds is 4. The Labute approximate surface area is 166 Å². The number of carboxylic acid groups (broad SMARTS) is 1. The fourth-order valence-corrected chi connectivity index (χ4v) is 5.14. The summed E-state index contributed by atoms with van der Waals surface area (Å²) >= 11 is 1.62. The van der Waals surface area contributed by atoms with Gasteiger partial charge in [-0.1, -0.05) is 36.4 Å². The van der Waals surface area contributed by atoms with Crippen molar-refractivity contribution < 1.29 is 9.90 Å². The minimum Gasteiger partial charge on any atom is -0.480 e. The van der Waals surface area contributed by atoms with E-state index in [0.717, 1.165) is 44.8 Å².